The Bertz CT molecular complexity index is 1180. The van der Waals surface area contributed by atoms with E-state index in [1.54, 1.807) is 6.21 Å². The van der Waals surface area contributed by atoms with Crippen molar-refractivity contribution in [1.82, 2.24) is 14.6 Å². The van der Waals surface area contributed by atoms with Gasteiger partial charge in [-0.15, -0.1) is 0 Å². The van der Waals surface area contributed by atoms with Crippen molar-refractivity contribution in [2.45, 2.75) is 20.8 Å². The SMILES string of the molecule is Cc1cc(/C=N\NC(=O)c2ccc(-n3c(C)ccc3C)cc2)cn1-c1ccccc1. The van der Waals surface area contributed by atoms with Gasteiger partial charge in [-0.05, 0) is 75.4 Å². The Morgan fingerprint density at radius 3 is 2.17 bits per heavy atom. The van der Waals surface area contributed by atoms with Crippen LogP contribution >= 0.6 is 0 Å². The van der Waals surface area contributed by atoms with Gasteiger partial charge >= 0.3 is 0 Å². The number of para-hydroxylation sites is 1. The first kappa shape index (κ1) is 19.5. The van der Waals surface area contributed by atoms with Gasteiger partial charge in [-0.3, -0.25) is 4.79 Å². The zero-order valence-corrected chi connectivity index (χ0v) is 17.3. The van der Waals surface area contributed by atoms with Crippen molar-refractivity contribution >= 4 is 12.1 Å². The van der Waals surface area contributed by atoms with Crippen molar-refractivity contribution in [2.75, 3.05) is 0 Å². The number of hydrazone groups is 1. The minimum absolute atomic E-state index is 0.238. The highest BCUT2D eigenvalue weighted by Gasteiger charge is 2.08. The average molecular weight is 396 g/mol. The molecule has 0 aliphatic carbocycles. The molecule has 0 unspecified atom stereocenters. The number of hydrogen-bond donors (Lipinski definition) is 1. The van der Waals surface area contributed by atoms with Crippen LogP contribution < -0.4 is 5.43 Å². The fraction of sp³-hybridized carbons (Fsp3) is 0.120. The molecule has 4 aromatic rings. The molecule has 2 aromatic heterocycles. The summed E-state index contributed by atoms with van der Waals surface area (Å²) in [6, 6.07) is 23.8. The first-order valence-electron chi connectivity index (χ1n) is 9.86. The van der Waals surface area contributed by atoms with Crippen LogP contribution in [-0.4, -0.2) is 21.3 Å². The fourth-order valence-corrected chi connectivity index (χ4v) is 3.60. The molecule has 0 saturated heterocycles. The summed E-state index contributed by atoms with van der Waals surface area (Å²) >= 11 is 0. The summed E-state index contributed by atoms with van der Waals surface area (Å²) in [5.74, 6) is -0.238. The second kappa shape index (κ2) is 8.25. The molecule has 30 heavy (non-hydrogen) atoms. The summed E-state index contributed by atoms with van der Waals surface area (Å²) in [6.07, 6.45) is 3.65. The Hall–Kier alpha value is -3.86. The van der Waals surface area contributed by atoms with Gasteiger partial charge in [-0.25, -0.2) is 5.43 Å². The number of carbonyl (C=O) groups excluding carboxylic acids is 1. The van der Waals surface area contributed by atoms with Crippen LogP contribution in [-0.2, 0) is 0 Å². The fourth-order valence-electron chi connectivity index (χ4n) is 3.60. The highest BCUT2D eigenvalue weighted by Crippen LogP contribution is 2.17. The topological polar surface area (TPSA) is 51.3 Å². The molecule has 0 saturated carbocycles. The van der Waals surface area contributed by atoms with Crippen LogP contribution in [0, 0.1) is 20.8 Å². The number of aryl methyl sites for hydroxylation is 3. The van der Waals surface area contributed by atoms with Crippen molar-refractivity contribution in [3.05, 3.63) is 107 Å². The molecule has 0 bridgehead atoms. The highest BCUT2D eigenvalue weighted by atomic mass is 16.2. The van der Waals surface area contributed by atoms with E-state index in [2.05, 4.69) is 57.8 Å². The number of rotatable bonds is 5. The number of nitrogens with zero attached hydrogens (tertiary/aromatic N) is 3. The molecule has 2 heterocycles. The van der Waals surface area contributed by atoms with E-state index >= 15 is 0 Å². The van der Waals surface area contributed by atoms with Crippen LogP contribution in [0.5, 0.6) is 0 Å². The molecular formula is C25H24N4O. The third-order valence-electron chi connectivity index (χ3n) is 5.11. The molecule has 0 aliphatic rings. The second-order valence-electron chi connectivity index (χ2n) is 7.32. The Labute approximate surface area is 176 Å². The van der Waals surface area contributed by atoms with Crippen LogP contribution in [0.1, 0.15) is 33.0 Å². The monoisotopic (exact) mass is 396 g/mol. The number of amides is 1. The minimum atomic E-state index is -0.238. The van der Waals surface area contributed by atoms with E-state index in [4.69, 9.17) is 0 Å². The number of aromatic nitrogens is 2. The standard InChI is InChI=1S/C25H24N4O/c1-18-9-10-19(2)29(18)24-13-11-22(12-14-24)25(30)27-26-16-21-15-20(3)28(17-21)23-7-5-4-6-8-23/h4-17H,1-3H3,(H,27,30)/b26-16-. The van der Waals surface area contributed by atoms with Gasteiger partial charge in [0.25, 0.3) is 5.91 Å². The Kier molecular flexibility index (Phi) is 5.35. The van der Waals surface area contributed by atoms with Crippen molar-refractivity contribution in [1.29, 1.82) is 0 Å². The van der Waals surface area contributed by atoms with Gasteiger partial charge in [0, 0.05) is 45.8 Å². The van der Waals surface area contributed by atoms with Crippen LogP contribution in [0.4, 0.5) is 0 Å². The number of benzene rings is 2. The zero-order chi connectivity index (χ0) is 21.1. The zero-order valence-electron chi connectivity index (χ0n) is 17.3. The summed E-state index contributed by atoms with van der Waals surface area (Å²) in [4.78, 5) is 12.4. The van der Waals surface area contributed by atoms with Crippen molar-refractivity contribution in [3.63, 3.8) is 0 Å². The average Bonchev–Trinajstić information content (AvgIpc) is 3.30. The molecule has 150 valence electrons. The smallest absolute Gasteiger partial charge is 0.271 e. The lowest BCUT2D eigenvalue weighted by Gasteiger charge is -2.09. The summed E-state index contributed by atoms with van der Waals surface area (Å²) < 4.78 is 4.24. The third-order valence-corrected chi connectivity index (χ3v) is 5.11. The highest BCUT2D eigenvalue weighted by molar-refractivity contribution is 5.95. The summed E-state index contributed by atoms with van der Waals surface area (Å²) in [5.41, 5.74) is 9.64. The molecule has 2 aromatic carbocycles. The normalized spacial score (nSPS) is 11.2. The molecule has 5 nitrogen and oxygen atoms in total. The maximum Gasteiger partial charge on any atom is 0.271 e. The van der Waals surface area contributed by atoms with Gasteiger partial charge in [0.2, 0.25) is 0 Å². The van der Waals surface area contributed by atoms with Gasteiger partial charge in [-0.2, -0.15) is 5.10 Å². The van der Waals surface area contributed by atoms with E-state index in [0.717, 1.165) is 34.0 Å². The maximum absolute atomic E-state index is 12.4. The number of nitrogens with one attached hydrogen (secondary N) is 1. The van der Waals surface area contributed by atoms with Crippen LogP contribution in [0.25, 0.3) is 11.4 Å². The summed E-state index contributed by atoms with van der Waals surface area (Å²) in [7, 11) is 0. The predicted molar refractivity (Wildman–Crippen MR) is 121 cm³/mol. The van der Waals surface area contributed by atoms with E-state index in [1.807, 2.05) is 61.7 Å². The van der Waals surface area contributed by atoms with E-state index in [0.29, 0.717) is 5.56 Å². The van der Waals surface area contributed by atoms with Crippen LogP contribution in [0.15, 0.2) is 84.1 Å². The summed E-state index contributed by atoms with van der Waals surface area (Å²) in [5, 5.41) is 4.12. The first-order valence-corrected chi connectivity index (χ1v) is 9.86. The molecule has 5 heteroatoms. The van der Waals surface area contributed by atoms with E-state index in [1.165, 1.54) is 0 Å². The lowest BCUT2D eigenvalue weighted by Crippen LogP contribution is -2.17. The van der Waals surface area contributed by atoms with Crippen LogP contribution in [0.2, 0.25) is 0 Å². The molecule has 1 amide bonds. The second-order valence-corrected chi connectivity index (χ2v) is 7.32. The van der Waals surface area contributed by atoms with Gasteiger partial charge in [0.1, 0.15) is 0 Å². The van der Waals surface area contributed by atoms with Crippen molar-refractivity contribution < 1.29 is 4.79 Å². The lowest BCUT2D eigenvalue weighted by molar-refractivity contribution is 0.0955. The molecule has 0 spiro atoms. The first-order chi connectivity index (χ1) is 14.5. The van der Waals surface area contributed by atoms with Gasteiger partial charge in [0.15, 0.2) is 0 Å². The minimum Gasteiger partial charge on any atom is -0.321 e. The van der Waals surface area contributed by atoms with Crippen molar-refractivity contribution in [3.8, 4) is 11.4 Å². The van der Waals surface area contributed by atoms with Gasteiger partial charge < -0.3 is 9.13 Å². The number of carbonyl (C=O) groups is 1. The molecule has 0 fully saturated rings. The van der Waals surface area contributed by atoms with E-state index in [9.17, 15) is 4.79 Å². The summed E-state index contributed by atoms with van der Waals surface area (Å²) in [6.45, 7) is 6.17. The van der Waals surface area contributed by atoms with E-state index < -0.39 is 0 Å². The molecule has 1 N–H and O–H groups in total. The van der Waals surface area contributed by atoms with Crippen LogP contribution in [0.3, 0.4) is 0 Å². The largest absolute Gasteiger partial charge is 0.321 e. The van der Waals surface area contributed by atoms with Crippen molar-refractivity contribution in [2.24, 2.45) is 5.10 Å². The number of hydrogen-bond acceptors (Lipinski definition) is 2. The Morgan fingerprint density at radius 1 is 0.833 bits per heavy atom. The maximum atomic E-state index is 12.4. The molecule has 0 radical (unpaired) electrons. The Morgan fingerprint density at radius 2 is 1.50 bits per heavy atom. The quantitative estimate of drug-likeness (QED) is 0.376. The predicted octanol–water partition coefficient (Wildman–Crippen LogP) is 4.96. The Balaban J connectivity index is 1.43. The molecule has 4 rings (SSSR count). The molecule has 0 aliphatic heterocycles. The van der Waals surface area contributed by atoms with Gasteiger partial charge in [-0.1, -0.05) is 18.2 Å². The third kappa shape index (κ3) is 3.96. The van der Waals surface area contributed by atoms with Gasteiger partial charge in [0.05, 0.1) is 6.21 Å². The molecule has 0 atom stereocenters. The van der Waals surface area contributed by atoms with E-state index in [-0.39, 0.29) is 5.91 Å². The molecular weight excluding hydrogens is 372 g/mol. The lowest BCUT2D eigenvalue weighted by atomic mass is 10.2.